The monoisotopic (exact) mass is 498 g/mol. The zero-order chi connectivity index (χ0) is 23.3. The fourth-order valence-corrected chi connectivity index (χ4v) is 7.02. The van der Waals surface area contributed by atoms with Gasteiger partial charge in [0.15, 0.2) is 9.75 Å². The van der Waals surface area contributed by atoms with E-state index in [-0.39, 0.29) is 34.2 Å². The van der Waals surface area contributed by atoms with E-state index < -0.39 is 57.0 Å². The van der Waals surface area contributed by atoms with E-state index >= 15 is 0 Å². The number of likely N-dealkylation sites (tertiary alicyclic amines) is 1. The molecule has 1 aromatic carbocycles. The van der Waals surface area contributed by atoms with Crippen LogP contribution in [0.15, 0.2) is 29.8 Å². The average molecular weight is 500 g/mol. The molecule has 168 valence electrons. The van der Waals surface area contributed by atoms with Crippen LogP contribution in [-0.2, 0) is 19.2 Å². The Kier molecular flexibility index (Phi) is 4.54. The molecule has 2 aliphatic heterocycles. The van der Waals surface area contributed by atoms with Gasteiger partial charge in [0.2, 0.25) is 0 Å². The van der Waals surface area contributed by atoms with Crippen LogP contribution in [0.3, 0.4) is 0 Å². The minimum Gasteiger partial charge on any atom is -0.508 e. The summed E-state index contributed by atoms with van der Waals surface area (Å²) in [4.78, 5) is 48.5. The van der Waals surface area contributed by atoms with Crippen molar-refractivity contribution >= 4 is 58.4 Å². The summed E-state index contributed by atoms with van der Waals surface area (Å²) in [6, 6.07) is 4.24. The summed E-state index contributed by atoms with van der Waals surface area (Å²) in [7, 11) is 1.27. The van der Waals surface area contributed by atoms with Crippen molar-refractivity contribution in [1.82, 2.24) is 9.96 Å². The smallest absolute Gasteiger partial charge is 0.257 e. The highest BCUT2D eigenvalue weighted by molar-refractivity contribution is 6.53. The SMILES string of the molecule is CN1C(=O)[C@]2(Cl)C[C@@H]3C(=CC[C@@H]4C(=O)N(O)C(=O)[C@@H]43)[C@H](c3cc(Cl)ccc3O)[C@]2(Cl)C1=O. The Morgan fingerprint density at radius 3 is 2.44 bits per heavy atom. The summed E-state index contributed by atoms with van der Waals surface area (Å²) in [5, 5.41) is 21.0. The summed E-state index contributed by atoms with van der Waals surface area (Å²) in [5.74, 6) is -6.85. The number of nitrogens with zero attached hydrogens (tertiary/aromatic N) is 2. The van der Waals surface area contributed by atoms with Crippen molar-refractivity contribution in [2.45, 2.75) is 28.5 Å². The van der Waals surface area contributed by atoms with Gasteiger partial charge in [-0.25, -0.2) is 0 Å². The predicted octanol–water partition coefficient (Wildman–Crippen LogP) is 2.42. The highest BCUT2D eigenvalue weighted by Gasteiger charge is 2.76. The Labute approximate surface area is 197 Å². The van der Waals surface area contributed by atoms with Crippen molar-refractivity contribution in [3.63, 3.8) is 0 Å². The van der Waals surface area contributed by atoms with Gasteiger partial charge in [-0.15, -0.1) is 23.2 Å². The Balaban J connectivity index is 1.78. The number of amides is 4. The Morgan fingerprint density at radius 1 is 1.06 bits per heavy atom. The van der Waals surface area contributed by atoms with Gasteiger partial charge in [0.05, 0.1) is 11.8 Å². The van der Waals surface area contributed by atoms with Crippen LogP contribution in [0.4, 0.5) is 0 Å². The highest BCUT2D eigenvalue weighted by atomic mass is 35.5. The number of hydroxylamine groups is 2. The van der Waals surface area contributed by atoms with E-state index in [4.69, 9.17) is 34.8 Å². The van der Waals surface area contributed by atoms with Gasteiger partial charge < -0.3 is 5.11 Å². The fourth-order valence-electron chi connectivity index (χ4n) is 5.83. The lowest BCUT2D eigenvalue weighted by molar-refractivity contribution is -0.173. The van der Waals surface area contributed by atoms with Gasteiger partial charge in [-0.05, 0) is 37.0 Å². The summed E-state index contributed by atoms with van der Waals surface area (Å²) in [5.41, 5.74) is 0.684. The van der Waals surface area contributed by atoms with Crippen LogP contribution in [-0.4, -0.2) is 60.7 Å². The summed E-state index contributed by atoms with van der Waals surface area (Å²) >= 11 is 20.0. The molecule has 2 N–H and O–H groups in total. The maximum atomic E-state index is 13.3. The molecule has 2 heterocycles. The lowest BCUT2D eigenvalue weighted by Gasteiger charge is -2.50. The van der Waals surface area contributed by atoms with E-state index in [0.29, 0.717) is 5.57 Å². The molecule has 0 spiro atoms. The van der Waals surface area contributed by atoms with Crippen molar-refractivity contribution in [2.24, 2.45) is 17.8 Å². The summed E-state index contributed by atoms with van der Waals surface area (Å²) in [6.45, 7) is 0. The molecule has 2 aliphatic carbocycles. The molecule has 8 nitrogen and oxygen atoms in total. The molecule has 2 saturated heterocycles. The second-order valence-electron chi connectivity index (χ2n) is 8.69. The first-order valence-electron chi connectivity index (χ1n) is 9.90. The van der Waals surface area contributed by atoms with Crippen LogP contribution in [0.5, 0.6) is 5.75 Å². The van der Waals surface area contributed by atoms with Gasteiger partial charge in [0.25, 0.3) is 23.6 Å². The zero-order valence-corrected chi connectivity index (χ0v) is 18.9. The van der Waals surface area contributed by atoms with Crippen LogP contribution in [0.2, 0.25) is 5.02 Å². The quantitative estimate of drug-likeness (QED) is 0.265. The number of halogens is 3. The van der Waals surface area contributed by atoms with Crippen molar-refractivity contribution in [1.29, 1.82) is 0 Å². The van der Waals surface area contributed by atoms with Crippen molar-refractivity contribution in [3.8, 4) is 5.75 Å². The van der Waals surface area contributed by atoms with Crippen molar-refractivity contribution in [3.05, 3.63) is 40.4 Å². The summed E-state index contributed by atoms with van der Waals surface area (Å²) in [6.07, 6.45) is 1.62. The number of carbonyl (C=O) groups is 4. The second-order valence-corrected chi connectivity index (χ2v) is 10.4. The Bertz CT molecular complexity index is 1150. The molecule has 3 fully saturated rings. The first-order valence-corrected chi connectivity index (χ1v) is 11.0. The summed E-state index contributed by atoms with van der Waals surface area (Å²) < 4.78 is 0. The zero-order valence-electron chi connectivity index (χ0n) is 16.6. The number of carbonyl (C=O) groups excluding carboxylic acids is 4. The molecule has 1 saturated carbocycles. The van der Waals surface area contributed by atoms with Crippen LogP contribution in [0, 0.1) is 17.8 Å². The number of rotatable bonds is 1. The molecule has 1 aromatic rings. The third-order valence-electron chi connectivity index (χ3n) is 7.29. The van der Waals surface area contributed by atoms with Gasteiger partial charge in [-0.1, -0.05) is 23.3 Å². The molecule has 5 rings (SSSR count). The minimum absolute atomic E-state index is 0.106. The molecule has 4 aliphatic rings. The largest absolute Gasteiger partial charge is 0.508 e. The maximum Gasteiger partial charge on any atom is 0.257 e. The Hall–Kier alpha value is -2.13. The van der Waals surface area contributed by atoms with Gasteiger partial charge in [-0.2, -0.15) is 5.06 Å². The van der Waals surface area contributed by atoms with Gasteiger partial charge >= 0.3 is 0 Å². The molecule has 0 aromatic heterocycles. The van der Waals surface area contributed by atoms with Crippen LogP contribution >= 0.6 is 34.8 Å². The number of phenols is 1. The third kappa shape index (κ3) is 2.38. The molecule has 4 amide bonds. The van der Waals surface area contributed by atoms with E-state index in [1.807, 2.05) is 0 Å². The van der Waals surface area contributed by atoms with E-state index in [0.717, 1.165) is 4.90 Å². The van der Waals surface area contributed by atoms with Crippen LogP contribution in [0.25, 0.3) is 0 Å². The maximum absolute atomic E-state index is 13.3. The number of benzene rings is 1. The second kappa shape index (κ2) is 6.70. The molecule has 11 heteroatoms. The first kappa shape index (κ1) is 21.7. The lowest BCUT2D eigenvalue weighted by atomic mass is 9.56. The van der Waals surface area contributed by atoms with E-state index in [9.17, 15) is 29.5 Å². The van der Waals surface area contributed by atoms with Gasteiger partial charge in [0, 0.05) is 23.6 Å². The molecule has 6 atom stereocenters. The topological polar surface area (TPSA) is 115 Å². The lowest BCUT2D eigenvalue weighted by Crippen LogP contribution is -2.60. The van der Waals surface area contributed by atoms with Gasteiger partial charge in [-0.3, -0.25) is 29.3 Å². The molecular formula is C21H17Cl3N2O6. The number of allylic oxidation sites excluding steroid dienone is 2. The molecule has 0 radical (unpaired) electrons. The number of fused-ring (bicyclic) bond motifs is 4. The molecular weight excluding hydrogens is 483 g/mol. The van der Waals surface area contributed by atoms with E-state index in [1.165, 1.54) is 25.2 Å². The third-order valence-corrected chi connectivity index (χ3v) is 8.94. The number of phenolic OH excluding ortho intramolecular Hbond substituents is 1. The molecule has 32 heavy (non-hydrogen) atoms. The van der Waals surface area contributed by atoms with Crippen LogP contribution in [0.1, 0.15) is 24.3 Å². The van der Waals surface area contributed by atoms with Crippen LogP contribution < -0.4 is 0 Å². The highest BCUT2D eigenvalue weighted by Crippen LogP contribution is 2.65. The fraction of sp³-hybridized carbons (Fsp3) is 0.429. The predicted molar refractivity (Wildman–Crippen MR) is 112 cm³/mol. The number of hydrogen-bond donors (Lipinski definition) is 2. The van der Waals surface area contributed by atoms with E-state index in [2.05, 4.69) is 0 Å². The van der Waals surface area contributed by atoms with Crippen molar-refractivity contribution in [2.75, 3.05) is 7.05 Å². The molecule has 0 bridgehead atoms. The molecule has 0 unspecified atom stereocenters. The number of alkyl halides is 2. The number of aromatic hydroxyl groups is 1. The first-order chi connectivity index (χ1) is 14.9. The minimum atomic E-state index is -2.00. The Morgan fingerprint density at radius 2 is 1.75 bits per heavy atom. The normalized spacial score (nSPS) is 38.6. The average Bonchev–Trinajstić information content (AvgIpc) is 3.05. The number of hydrogen-bond acceptors (Lipinski definition) is 6. The number of imide groups is 2. The van der Waals surface area contributed by atoms with Gasteiger partial charge in [0.1, 0.15) is 5.75 Å². The van der Waals surface area contributed by atoms with Crippen molar-refractivity contribution < 1.29 is 29.5 Å². The standard InChI is InChI=1S/C21H17Cl3N2O6/c1-25-18(30)20(23)7-12-9(3-4-10-14(12)17(29)26(32)16(10)28)15(21(20,24)19(25)31)11-6-8(22)2-5-13(11)27/h2-3,5-6,10,12,14-15,27,32H,4,7H2,1H3/t10-,12+,14-,15+,20+,21-/m0/s1. The van der Waals surface area contributed by atoms with E-state index in [1.54, 1.807) is 6.08 Å².